The van der Waals surface area contributed by atoms with Crippen molar-refractivity contribution >= 4 is 29.4 Å². The van der Waals surface area contributed by atoms with Crippen molar-refractivity contribution in [3.63, 3.8) is 0 Å². The second kappa shape index (κ2) is 11.6. The number of urea groups is 1. The number of para-hydroxylation sites is 1. The van der Waals surface area contributed by atoms with E-state index in [4.69, 9.17) is 5.73 Å². The quantitative estimate of drug-likeness (QED) is 0.530. The number of nitrogens with two attached hydrogens (primary N) is 1. The van der Waals surface area contributed by atoms with Gasteiger partial charge in [-0.3, -0.25) is 9.69 Å². The van der Waals surface area contributed by atoms with Gasteiger partial charge in [-0.25, -0.2) is 4.79 Å². The Labute approximate surface area is 182 Å². The first-order valence-corrected chi connectivity index (χ1v) is 11.4. The lowest BCUT2D eigenvalue weighted by molar-refractivity contribution is -0.117. The molecule has 30 heavy (non-hydrogen) atoms. The van der Waals surface area contributed by atoms with Crippen LogP contribution in [0.15, 0.2) is 53.4 Å². The predicted molar refractivity (Wildman–Crippen MR) is 122 cm³/mol. The summed E-state index contributed by atoms with van der Waals surface area (Å²) in [6.45, 7) is 3.70. The molecule has 160 valence electrons. The van der Waals surface area contributed by atoms with E-state index in [0.29, 0.717) is 18.7 Å². The number of amides is 3. The molecule has 4 N–H and O–H groups in total. The molecule has 0 spiro atoms. The van der Waals surface area contributed by atoms with E-state index in [1.165, 1.54) is 36.6 Å². The Morgan fingerprint density at radius 1 is 0.967 bits per heavy atom. The van der Waals surface area contributed by atoms with Crippen LogP contribution in [0.5, 0.6) is 0 Å². The van der Waals surface area contributed by atoms with E-state index in [9.17, 15) is 9.59 Å². The number of hydrogen-bond donors (Lipinski definition) is 3. The Morgan fingerprint density at radius 3 is 2.43 bits per heavy atom. The van der Waals surface area contributed by atoms with Crippen LogP contribution < -0.4 is 16.4 Å². The predicted octanol–water partition coefficient (Wildman–Crippen LogP) is 3.96. The minimum absolute atomic E-state index is 0.245. The second-order valence-corrected chi connectivity index (χ2v) is 8.61. The molecule has 7 heteroatoms. The number of carbonyl (C=O) groups is 2. The third kappa shape index (κ3) is 7.07. The highest BCUT2D eigenvalue weighted by Gasteiger charge is 2.13. The van der Waals surface area contributed by atoms with Crippen LogP contribution in [0.25, 0.3) is 0 Å². The van der Waals surface area contributed by atoms with Gasteiger partial charge in [0.25, 0.3) is 0 Å². The molecule has 0 atom stereocenters. The third-order valence-electron chi connectivity index (χ3n) is 5.14. The van der Waals surface area contributed by atoms with Crippen LogP contribution in [-0.2, 0) is 17.9 Å². The van der Waals surface area contributed by atoms with E-state index in [2.05, 4.69) is 33.7 Å². The van der Waals surface area contributed by atoms with Crippen LogP contribution >= 0.6 is 11.8 Å². The number of benzene rings is 2. The molecule has 1 aliphatic heterocycles. The molecule has 6 nitrogen and oxygen atoms in total. The maximum Gasteiger partial charge on any atom is 0.319 e. The van der Waals surface area contributed by atoms with Gasteiger partial charge < -0.3 is 16.4 Å². The van der Waals surface area contributed by atoms with Crippen molar-refractivity contribution in [3.05, 3.63) is 59.7 Å². The van der Waals surface area contributed by atoms with Gasteiger partial charge in [0.05, 0.1) is 5.69 Å². The molecule has 0 unspecified atom stereocenters. The topological polar surface area (TPSA) is 87.5 Å². The van der Waals surface area contributed by atoms with Gasteiger partial charge in [-0.1, -0.05) is 42.8 Å². The standard InChI is InChI=1S/C23H30N4O2S/c24-22(28)12-15-30-21-11-5-4-10-20(21)26-23(29)25-16-18-8-2-3-9-19(18)17-27-13-6-1-7-14-27/h2-5,8-11H,1,6-7,12-17H2,(H2,24,28)(H2,25,26,29). The van der Waals surface area contributed by atoms with Crippen LogP contribution in [0.2, 0.25) is 0 Å². The number of likely N-dealkylation sites (tertiary alicyclic amines) is 1. The molecule has 3 rings (SSSR count). The van der Waals surface area contributed by atoms with E-state index in [1.54, 1.807) is 0 Å². The monoisotopic (exact) mass is 426 g/mol. The smallest absolute Gasteiger partial charge is 0.319 e. The number of nitrogens with one attached hydrogen (secondary N) is 2. The zero-order chi connectivity index (χ0) is 21.2. The zero-order valence-corrected chi connectivity index (χ0v) is 18.0. The summed E-state index contributed by atoms with van der Waals surface area (Å²) in [5.41, 5.74) is 8.34. The van der Waals surface area contributed by atoms with Gasteiger partial charge >= 0.3 is 6.03 Å². The van der Waals surface area contributed by atoms with Gasteiger partial charge in [0.2, 0.25) is 5.91 Å². The lowest BCUT2D eigenvalue weighted by Gasteiger charge is -2.27. The van der Waals surface area contributed by atoms with E-state index in [0.717, 1.165) is 35.8 Å². The normalized spacial score (nSPS) is 14.3. The van der Waals surface area contributed by atoms with Crippen molar-refractivity contribution in [2.75, 3.05) is 24.2 Å². The van der Waals surface area contributed by atoms with Gasteiger partial charge in [-0.2, -0.15) is 0 Å². The summed E-state index contributed by atoms with van der Waals surface area (Å²) in [6, 6.07) is 15.6. The molecule has 0 aromatic heterocycles. The van der Waals surface area contributed by atoms with Gasteiger partial charge in [0.15, 0.2) is 0 Å². The van der Waals surface area contributed by atoms with E-state index >= 15 is 0 Å². The lowest BCUT2D eigenvalue weighted by Crippen LogP contribution is -2.31. The highest BCUT2D eigenvalue weighted by Crippen LogP contribution is 2.27. The first-order valence-electron chi connectivity index (χ1n) is 10.5. The Hall–Kier alpha value is -2.51. The first-order chi connectivity index (χ1) is 14.6. The highest BCUT2D eigenvalue weighted by atomic mass is 32.2. The van der Waals surface area contributed by atoms with Crippen molar-refractivity contribution in [2.45, 2.75) is 43.7 Å². The molecule has 0 saturated carbocycles. The van der Waals surface area contributed by atoms with E-state index in [-0.39, 0.29) is 11.9 Å². The van der Waals surface area contributed by atoms with Crippen molar-refractivity contribution in [3.8, 4) is 0 Å². The number of nitrogens with zero attached hydrogens (tertiary/aromatic N) is 1. The fraction of sp³-hybridized carbons (Fsp3) is 0.391. The van der Waals surface area contributed by atoms with Crippen LogP contribution in [0.3, 0.4) is 0 Å². The van der Waals surface area contributed by atoms with Crippen LogP contribution in [-0.4, -0.2) is 35.7 Å². The SMILES string of the molecule is NC(=O)CCSc1ccccc1NC(=O)NCc1ccccc1CN1CCCCC1. The Balaban J connectivity index is 1.54. The number of carbonyl (C=O) groups excluding carboxylic acids is 2. The highest BCUT2D eigenvalue weighted by molar-refractivity contribution is 7.99. The summed E-state index contributed by atoms with van der Waals surface area (Å²) in [5, 5.41) is 5.90. The first kappa shape index (κ1) is 22.2. The molecule has 1 heterocycles. The maximum atomic E-state index is 12.5. The van der Waals surface area contributed by atoms with Gasteiger partial charge in [-0.15, -0.1) is 11.8 Å². The number of primary amides is 1. The third-order valence-corrected chi connectivity index (χ3v) is 6.22. The molecule has 0 aliphatic carbocycles. The molecule has 2 aromatic carbocycles. The zero-order valence-electron chi connectivity index (χ0n) is 17.2. The molecule has 1 saturated heterocycles. The molecule has 0 radical (unpaired) electrons. The van der Waals surface area contributed by atoms with Gasteiger partial charge in [0, 0.05) is 30.2 Å². The minimum Gasteiger partial charge on any atom is -0.370 e. The number of rotatable bonds is 9. The molecule has 1 fully saturated rings. The molecule has 2 aromatic rings. The minimum atomic E-state index is -0.325. The van der Waals surface area contributed by atoms with Crippen molar-refractivity contribution in [1.82, 2.24) is 10.2 Å². The van der Waals surface area contributed by atoms with Gasteiger partial charge in [0.1, 0.15) is 0 Å². The lowest BCUT2D eigenvalue weighted by atomic mass is 10.0. The summed E-state index contributed by atoms with van der Waals surface area (Å²) in [5.74, 6) is 0.258. The fourth-order valence-corrected chi connectivity index (χ4v) is 4.51. The average molecular weight is 427 g/mol. The number of piperidine rings is 1. The summed E-state index contributed by atoms with van der Waals surface area (Å²) >= 11 is 1.50. The van der Waals surface area contributed by atoms with Gasteiger partial charge in [-0.05, 0) is 49.2 Å². The maximum absolute atomic E-state index is 12.5. The van der Waals surface area contributed by atoms with Crippen LogP contribution in [0.4, 0.5) is 10.5 Å². The summed E-state index contributed by atoms with van der Waals surface area (Å²) < 4.78 is 0. The van der Waals surface area contributed by atoms with E-state index in [1.807, 2.05) is 30.3 Å². The number of hydrogen-bond acceptors (Lipinski definition) is 4. The molecule has 1 aliphatic rings. The van der Waals surface area contributed by atoms with E-state index < -0.39 is 0 Å². The van der Waals surface area contributed by atoms with Crippen molar-refractivity contribution < 1.29 is 9.59 Å². The molecule has 3 amide bonds. The van der Waals surface area contributed by atoms with Crippen molar-refractivity contribution in [1.29, 1.82) is 0 Å². The Kier molecular flexibility index (Phi) is 8.59. The van der Waals surface area contributed by atoms with Crippen molar-refractivity contribution in [2.24, 2.45) is 5.73 Å². The summed E-state index contributed by atoms with van der Waals surface area (Å²) in [7, 11) is 0. The average Bonchev–Trinajstić information content (AvgIpc) is 2.75. The fourth-order valence-electron chi connectivity index (χ4n) is 3.54. The van der Waals surface area contributed by atoms with Crippen LogP contribution in [0.1, 0.15) is 36.8 Å². The van der Waals surface area contributed by atoms with Crippen LogP contribution in [0, 0.1) is 0 Å². The summed E-state index contributed by atoms with van der Waals surface area (Å²) in [6.07, 6.45) is 4.15. The molecule has 0 bridgehead atoms. The number of thioether (sulfide) groups is 1. The molecular weight excluding hydrogens is 396 g/mol. The largest absolute Gasteiger partial charge is 0.370 e. The Bertz CT molecular complexity index is 853. The second-order valence-electron chi connectivity index (χ2n) is 7.47. The number of anilines is 1. The summed E-state index contributed by atoms with van der Waals surface area (Å²) in [4.78, 5) is 26.9. The molecular formula is C23H30N4O2S. The Morgan fingerprint density at radius 2 is 1.67 bits per heavy atom.